The fourth-order valence-corrected chi connectivity index (χ4v) is 2.51. The Morgan fingerprint density at radius 2 is 1.70 bits per heavy atom. The van der Waals surface area contributed by atoms with Gasteiger partial charge in [-0.25, -0.2) is 0 Å². The predicted molar refractivity (Wildman–Crippen MR) is 95.7 cm³/mol. The van der Waals surface area contributed by atoms with Crippen LogP contribution in [0, 0.1) is 0 Å². The molecule has 1 N–H and O–H groups in total. The molecule has 4 heteroatoms. The van der Waals surface area contributed by atoms with E-state index in [1.165, 1.54) is 11.8 Å². The topological polar surface area (TPSA) is 49.4 Å². The summed E-state index contributed by atoms with van der Waals surface area (Å²) in [6.07, 6.45) is 1.62. The summed E-state index contributed by atoms with van der Waals surface area (Å²) >= 11 is 0. The monoisotopic (exact) mass is 316 g/mol. The molecule has 1 aromatic carbocycles. The highest BCUT2D eigenvalue weighted by Gasteiger charge is 2.18. The molecule has 0 spiro atoms. The molecule has 0 saturated carbocycles. The number of carbonyl (C=O) groups excluding carboxylic acids is 2. The number of anilines is 1. The molecule has 0 aliphatic carbocycles. The van der Waals surface area contributed by atoms with E-state index in [9.17, 15) is 9.59 Å². The Hall–Kier alpha value is -2.10. The number of rotatable bonds is 7. The second kappa shape index (κ2) is 8.51. The molecular formula is C19H28N2O2. The number of nitrogens with one attached hydrogen (secondary N) is 1. The van der Waals surface area contributed by atoms with Gasteiger partial charge in [0, 0.05) is 19.2 Å². The first-order chi connectivity index (χ1) is 10.8. The smallest absolute Gasteiger partial charge is 0.244 e. The maximum absolute atomic E-state index is 12.4. The average molecular weight is 316 g/mol. The molecule has 0 unspecified atom stereocenters. The largest absolute Gasteiger partial charge is 0.330 e. The van der Waals surface area contributed by atoms with E-state index in [1.54, 1.807) is 6.08 Å². The van der Waals surface area contributed by atoms with Crippen molar-refractivity contribution in [3.63, 3.8) is 0 Å². The van der Waals surface area contributed by atoms with E-state index in [0.717, 1.165) is 16.8 Å². The van der Waals surface area contributed by atoms with Crippen LogP contribution in [0.25, 0.3) is 0 Å². The summed E-state index contributed by atoms with van der Waals surface area (Å²) in [4.78, 5) is 25.5. The van der Waals surface area contributed by atoms with E-state index < -0.39 is 0 Å². The van der Waals surface area contributed by atoms with Crippen LogP contribution in [-0.4, -0.2) is 29.8 Å². The fraction of sp³-hybridized carbons (Fsp3) is 0.474. The van der Waals surface area contributed by atoms with E-state index in [-0.39, 0.29) is 18.4 Å². The van der Waals surface area contributed by atoms with Gasteiger partial charge in [0.25, 0.3) is 0 Å². The summed E-state index contributed by atoms with van der Waals surface area (Å²) < 4.78 is 0. The Morgan fingerprint density at radius 3 is 2.09 bits per heavy atom. The Balaban J connectivity index is 3.04. The van der Waals surface area contributed by atoms with Gasteiger partial charge in [-0.2, -0.15) is 0 Å². The molecule has 0 aliphatic heterocycles. The van der Waals surface area contributed by atoms with Crippen molar-refractivity contribution < 1.29 is 9.59 Å². The molecule has 0 aromatic heterocycles. The quantitative estimate of drug-likeness (QED) is 0.775. The normalized spacial score (nSPS) is 10.7. The van der Waals surface area contributed by atoms with Crippen molar-refractivity contribution in [1.82, 2.24) is 4.90 Å². The summed E-state index contributed by atoms with van der Waals surface area (Å²) in [5.74, 6) is 0.292. The Morgan fingerprint density at radius 1 is 1.17 bits per heavy atom. The Kier molecular flexibility index (Phi) is 7.01. The van der Waals surface area contributed by atoms with Gasteiger partial charge in [-0.3, -0.25) is 9.59 Å². The van der Waals surface area contributed by atoms with Gasteiger partial charge in [0.05, 0.1) is 0 Å². The summed E-state index contributed by atoms with van der Waals surface area (Å²) in [5.41, 5.74) is 3.11. The van der Waals surface area contributed by atoms with Crippen LogP contribution in [0.3, 0.4) is 0 Å². The number of nitrogens with zero attached hydrogens (tertiary/aromatic N) is 1. The van der Waals surface area contributed by atoms with E-state index in [0.29, 0.717) is 18.4 Å². The molecular weight excluding hydrogens is 288 g/mol. The first-order valence-electron chi connectivity index (χ1n) is 8.07. The van der Waals surface area contributed by atoms with Crippen LogP contribution >= 0.6 is 0 Å². The lowest BCUT2D eigenvalue weighted by Gasteiger charge is -2.22. The molecule has 0 aliphatic rings. The minimum Gasteiger partial charge on any atom is -0.330 e. The van der Waals surface area contributed by atoms with Gasteiger partial charge in [-0.15, -0.1) is 6.58 Å². The van der Waals surface area contributed by atoms with Crippen LogP contribution in [0.2, 0.25) is 0 Å². The van der Waals surface area contributed by atoms with Gasteiger partial charge < -0.3 is 10.2 Å². The van der Waals surface area contributed by atoms with E-state index >= 15 is 0 Å². The van der Waals surface area contributed by atoms with Crippen LogP contribution in [0.5, 0.6) is 0 Å². The van der Waals surface area contributed by atoms with Gasteiger partial charge in [-0.1, -0.05) is 52.0 Å². The lowest BCUT2D eigenvalue weighted by atomic mass is 9.92. The minimum absolute atomic E-state index is 0.0331. The highest BCUT2D eigenvalue weighted by atomic mass is 16.2. The number of para-hydroxylation sites is 1. The van der Waals surface area contributed by atoms with Gasteiger partial charge in [0.15, 0.2) is 0 Å². The van der Waals surface area contributed by atoms with Crippen LogP contribution in [0.15, 0.2) is 30.9 Å². The van der Waals surface area contributed by atoms with Crippen molar-refractivity contribution in [2.75, 3.05) is 18.4 Å². The van der Waals surface area contributed by atoms with E-state index in [1.807, 2.05) is 18.2 Å². The lowest BCUT2D eigenvalue weighted by Crippen LogP contribution is -2.37. The van der Waals surface area contributed by atoms with Gasteiger partial charge in [-0.05, 0) is 23.0 Å². The van der Waals surface area contributed by atoms with Crippen molar-refractivity contribution in [2.45, 2.75) is 46.5 Å². The zero-order valence-electron chi connectivity index (χ0n) is 14.8. The SMILES string of the molecule is C=CCN(CC(=O)Nc1c(C(C)C)cccc1C(C)C)C(C)=O. The number of benzene rings is 1. The molecule has 1 rings (SSSR count). The first-order valence-corrected chi connectivity index (χ1v) is 8.07. The predicted octanol–water partition coefficient (Wildman–Crippen LogP) is 3.91. The van der Waals surface area contributed by atoms with Gasteiger partial charge >= 0.3 is 0 Å². The molecule has 0 bridgehead atoms. The average Bonchev–Trinajstić information content (AvgIpc) is 2.46. The maximum Gasteiger partial charge on any atom is 0.244 e. The maximum atomic E-state index is 12.4. The molecule has 0 atom stereocenters. The van der Waals surface area contributed by atoms with Gasteiger partial charge in [0.1, 0.15) is 6.54 Å². The third-order valence-corrected chi connectivity index (χ3v) is 3.77. The van der Waals surface area contributed by atoms with E-state index in [4.69, 9.17) is 0 Å². The number of hydrogen-bond acceptors (Lipinski definition) is 2. The molecule has 4 nitrogen and oxygen atoms in total. The molecule has 1 aromatic rings. The second-order valence-corrected chi connectivity index (χ2v) is 6.36. The van der Waals surface area contributed by atoms with Crippen LogP contribution in [0.4, 0.5) is 5.69 Å². The van der Waals surface area contributed by atoms with Crippen molar-refractivity contribution in [2.24, 2.45) is 0 Å². The Labute approximate surface area is 139 Å². The second-order valence-electron chi connectivity index (χ2n) is 6.36. The lowest BCUT2D eigenvalue weighted by molar-refractivity contribution is -0.132. The zero-order valence-corrected chi connectivity index (χ0v) is 14.8. The number of amides is 2. The third-order valence-electron chi connectivity index (χ3n) is 3.77. The van der Waals surface area contributed by atoms with Crippen molar-refractivity contribution in [3.8, 4) is 0 Å². The summed E-state index contributed by atoms with van der Waals surface area (Å²) in [7, 11) is 0. The molecule has 23 heavy (non-hydrogen) atoms. The fourth-order valence-electron chi connectivity index (χ4n) is 2.51. The Bertz CT molecular complexity index is 550. The number of hydrogen-bond donors (Lipinski definition) is 1. The summed E-state index contributed by atoms with van der Waals surface area (Å²) in [6, 6.07) is 6.11. The van der Waals surface area contributed by atoms with Crippen molar-refractivity contribution in [3.05, 3.63) is 42.0 Å². The zero-order chi connectivity index (χ0) is 17.6. The molecule has 126 valence electrons. The van der Waals surface area contributed by atoms with Crippen LogP contribution in [0.1, 0.15) is 57.6 Å². The third kappa shape index (κ3) is 5.23. The molecule has 0 fully saturated rings. The van der Waals surface area contributed by atoms with Crippen LogP contribution < -0.4 is 5.32 Å². The van der Waals surface area contributed by atoms with Crippen LogP contribution in [-0.2, 0) is 9.59 Å². The molecule has 0 radical (unpaired) electrons. The summed E-state index contributed by atoms with van der Waals surface area (Å²) in [6.45, 7) is 13.9. The number of carbonyl (C=O) groups is 2. The minimum atomic E-state index is -0.183. The van der Waals surface area contributed by atoms with Crippen molar-refractivity contribution in [1.29, 1.82) is 0 Å². The van der Waals surface area contributed by atoms with Crippen molar-refractivity contribution >= 4 is 17.5 Å². The standard InChI is InChI=1S/C19H28N2O2/c1-7-11-21(15(6)22)12-18(23)20-19-16(13(2)3)9-8-10-17(19)14(4)5/h7-10,13-14H,1,11-12H2,2-6H3,(H,20,23). The highest BCUT2D eigenvalue weighted by molar-refractivity contribution is 5.95. The first kappa shape index (κ1) is 18.9. The molecule has 0 saturated heterocycles. The summed E-state index contributed by atoms with van der Waals surface area (Å²) in [5, 5.41) is 3.02. The molecule has 2 amide bonds. The molecule has 0 heterocycles. The van der Waals surface area contributed by atoms with Gasteiger partial charge in [0.2, 0.25) is 11.8 Å². The highest BCUT2D eigenvalue weighted by Crippen LogP contribution is 2.32. The van der Waals surface area contributed by atoms with E-state index in [2.05, 4.69) is 39.6 Å².